The molecule has 4 N–H and O–H groups in total. The van der Waals surface area contributed by atoms with Gasteiger partial charge in [-0.1, -0.05) is 38.3 Å². The van der Waals surface area contributed by atoms with Crippen molar-refractivity contribution in [1.29, 1.82) is 0 Å². The number of aliphatic hydroxyl groups is 1. The van der Waals surface area contributed by atoms with Crippen LogP contribution in [0.25, 0.3) is 0 Å². The van der Waals surface area contributed by atoms with Gasteiger partial charge in [0.25, 0.3) is 11.8 Å². The highest BCUT2D eigenvalue weighted by atomic mass is 16.5. The van der Waals surface area contributed by atoms with Crippen molar-refractivity contribution in [1.82, 2.24) is 10.8 Å². The number of benzene rings is 2. The number of carbonyl (C=O) groups excluding carboxylic acids is 2. The first-order valence-electron chi connectivity index (χ1n) is 8.58. The van der Waals surface area contributed by atoms with Gasteiger partial charge >= 0.3 is 0 Å². The molecule has 0 aliphatic carbocycles. The number of hydroxylamine groups is 1. The molecule has 0 radical (unpaired) electrons. The lowest BCUT2D eigenvalue weighted by molar-refractivity contribution is -0.133. The lowest BCUT2D eigenvalue weighted by atomic mass is 10.1. The zero-order valence-corrected chi connectivity index (χ0v) is 15.2. The minimum absolute atomic E-state index is 0. The zero-order chi connectivity index (χ0) is 19.8. The third-order valence-electron chi connectivity index (χ3n) is 4.02. The van der Waals surface area contributed by atoms with Gasteiger partial charge in [-0.05, 0) is 55.3 Å². The highest BCUT2D eigenvalue weighted by molar-refractivity contribution is 5.97. The summed E-state index contributed by atoms with van der Waals surface area (Å²) in [5.74, 6) is 4.66. The van der Waals surface area contributed by atoms with E-state index in [1.165, 1.54) is 18.0 Å². The molecule has 28 heavy (non-hydrogen) atoms. The fraction of sp³-hybridized carbons (Fsp3) is 0.273. The Morgan fingerprint density at radius 1 is 1.00 bits per heavy atom. The maximum atomic E-state index is 12.2. The first-order valence-corrected chi connectivity index (χ1v) is 8.58. The summed E-state index contributed by atoms with van der Waals surface area (Å²) in [5.41, 5.74) is 4.63. The summed E-state index contributed by atoms with van der Waals surface area (Å²) < 4.78 is 0. The fourth-order valence-electron chi connectivity index (χ4n) is 2.37. The SMILES string of the molecule is C.CCc1ccc(C#Cc2ccc(C(=O)N[C@H](C(=O)NO)[C@@H](C)O)cc2)cc1. The monoisotopic (exact) mass is 382 g/mol. The number of aliphatic hydroxyl groups excluding tert-OH is 1. The summed E-state index contributed by atoms with van der Waals surface area (Å²) in [6, 6.07) is 13.3. The maximum absolute atomic E-state index is 12.2. The van der Waals surface area contributed by atoms with Crippen LogP contribution in [0.3, 0.4) is 0 Å². The average molecular weight is 382 g/mol. The Balaban J connectivity index is 0.00000392. The Hall–Kier alpha value is -3.14. The van der Waals surface area contributed by atoms with Crippen molar-refractivity contribution in [3.8, 4) is 11.8 Å². The van der Waals surface area contributed by atoms with E-state index in [0.29, 0.717) is 5.56 Å². The number of aryl methyl sites for hydroxylation is 1. The molecule has 0 heterocycles. The van der Waals surface area contributed by atoms with E-state index < -0.39 is 24.0 Å². The first-order chi connectivity index (χ1) is 12.9. The molecule has 0 aliphatic heterocycles. The van der Waals surface area contributed by atoms with Crippen LogP contribution >= 0.6 is 0 Å². The Bertz CT molecular complexity index is 847. The molecule has 6 nitrogen and oxygen atoms in total. The summed E-state index contributed by atoms with van der Waals surface area (Å²) in [6.45, 7) is 3.43. The molecule has 2 aromatic carbocycles. The van der Waals surface area contributed by atoms with Crippen LogP contribution in [0.5, 0.6) is 0 Å². The molecule has 2 aromatic rings. The molecule has 2 atom stereocenters. The van der Waals surface area contributed by atoms with Crippen molar-refractivity contribution in [2.45, 2.75) is 39.8 Å². The summed E-state index contributed by atoms with van der Waals surface area (Å²) in [5, 5.41) is 20.6. The topological polar surface area (TPSA) is 98.7 Å². The largest absolute Gasteiger partial charge is 0.391 e. The second-order valence-electron chi connectivity index (χ2n) is 6.05. The van der Waals surface area contributed by atoms with Crippen molar-refractivity contribution in [3.05, 3.63) is 70.8 Å². The number of rotatable bonds is 5. The Kier molecular flexibility index (Phi) is 8.89. The lowest BCUT2D eigenvalue weighted by Gasteiger charge is -2.19. The Morgan fingerprint density at radius 3 is 1.93 bits per heavy atom. The van der Waals surface area contributed by atoms with E-state index >= 15 is 0 Å². The molecule has 0 unspecified atom stereocenters. The second kappa shape index (κ2) is 10.9. The molecule has 0 fully saturated rings. The molecule has 0 aliphatic rings. The van der Waals surface area contributed by atoms with Crippen LogP contribution in [0.4, 0.5) is 0 Å². The van der Waals surface area contributed by atoms with Gasteiger partial charge in [0.05, 0.1) is 6.10 Å². The smallest absolute Gasteiger partial charge is 0.268 e. The van der Waals surface area contributed by atoms with E-state index in [1.54, 1.807) is 24.3 Å². The predicted molar refractivity (Wildman–Crippen MR) is 108 cm³/mol. The maximum Gasteiger partial charge on any atom is 0.268 e. The summed E-state index contributed by atoms with van der Waals surface area (Å²) in [4.78, 5) is 23.7. The number of carbonyl (C=O) groups is 2. The number of hydrogen-bond donors (Lipinski definition) is 4. The molecular formula is C22H26N2O4. The van der Waals surface area contributed by atoms with Crippen molar-refractivity contribution >= 4 is 11.8 Å². The van der Waals surface area contributed by atoms with Crippen LogP contribution in [0.1, 0.15) is 48.3 Å². The van der Waals surface area contributed by atoms with Crippen molar-refractivity contribution < 1.29 is 19.9 Å². The molecule has 0 spiro atoms. The van der Waals surface area contributed by atoms with Gasteiger partial charge in [0.2, 0.25) is 0 Å². The van der Waals surface area contributed by atoms with Gasteiger partial charge in [-0.2, -0.15) is 0 Å². The Labute approximate surface area is 165 Å². The summed E-state index contributed by atoms with van der Waals surface area (Å²) >= 11 is 0. The molecule has 148 valence electrons. The van der Waals surface area contributed by atoms with Crippen LogP contribution in [-0.4, -0.2) is 34.3 Å². The van der Waals surface area contributed by atoms with Crippen LogP contribution in [0, 0.1) is 11.8 Å². The second-order valence-corrected chi connectivity index (χ2v) is 6.05. The first kappa shape index (κ1) is 22.9. The Morgan fingerprint density at radius 2 is 1.50 bits per heavy atom. The summed E-state index contributed by atoms with van der Waals surface area (Å²) in [6.07, 6.45) is -0.182. The van der Waals surface area contributed by atoms with Gasteiger partial charge in [-0.3, -0.25) is 14.8 Å². The lowest BCUT2D eigenvalue weighted by Crippen LogP contribution is -2.51. The molecule has 0 saturated heterocycles. The van der Waals surface area contributed by atoms with E-state index in [4.69, 9.17) is 5.21 Å². The van der Waals surface area contributed by atoms with Crippen LogP contribution in [-0.2, 0) is 11.2 Å². The molecule has 2 rings (SSSR count). The highest BCUT2D eigenvalue weighted by Crippen LogP contribution is 2.07. The van der Waals surface area contributed by atoms with E-state index in [1.807, 2.05) is 24.3 Å². The van der Waals surface area contributed by atoms with E-state index in [0.717, 1.165) is 17.5 Å². The molecule has 0 aromatic heterocycles. The van der Waals surface area contributed by atoms with E-state index in [9.17, 15) is 14.7 Å². The van der Waals surface area contributed by atoms with Crippen molar-refractivity contribution in [2.24, 2.45) is 0 Å². The quantitative estimate of drug-likeness (QED) is 0.362. The third kappa shape index (κ3) is 6.23. The van der Waals surface area contributed by atoms with Crippen molar-refractivity contribution in [2.75, 3.05) is 0 Å². The number of hydrogen-bond acceptors (Lipinski definition) is 4. The van der Waals surface area contributed by atoms with Gasteiger partial charge < -0.3 is 10.4 Å². The van der Waals surface area contributed by atoms with Crippen LogP contribution < -0.4 is 10.8 Å². The third-order valence-corrected chi connectivity index (χ3v) is 4.02. The molecule has 2 amide bonds. The van der Waals surface area contributed by atoms with Crippen molar-refractivity contribution in [3.63, 3.8) is 0 Å². The molecule has 0 bridgehead atoms. The molecule has 0 saturated carbocycles. The number of nitrogens with one attached hydrogen (secondary N) is 2. The van der Waals surface area contributed by atoms with Crippen LogP contribution in [0.2, 0.25) is 0 Å². The summed E-state index contributed by atoms with van der Waals surface area (Å²) in [7, 11) is 0. The minimum Gasteiger partial charge on any atom is -0.391 e. The zero-order valence-electron chi connectivity index (χ0n) is 15.2. The van der Waals surface area contributed by atoms with Gasteiger partial charge in [-0.15, -0.1) is 0 Å². The van der Waals surface area contributed by atoms with E-state index in [2.05, 4.69) is 24.1 Å². The predicted octanol–water partition coefficient (Wildman–Crippen LogP) is 2.27. The fourth-order valence-corrected chi connectivity index (χ4v) is 2.37. The van der Waals surface area contributed by atoms with Gasteiger partial charge in [0.1, 0.15) is 6.04 Å². The van der Waals surface area contributed by atoms with Gasteiger partial charge in [0, 0.05) is 16.7 Å². The number of amides is 2. The molecular weight excluding hydrogens is 356 g/mol. The van der Waals surface area contributed by atoms with Crippen LogP contribution in [0.15, 0.2) is 48.5 Å². The average Bonchev–Trinajstić information content (AvgIpc) is 2.70. The van der Waals surface area contributed by atoms with E-state index in [-0.39, 0.29) is 7.43 Å². The van der Waals surface area contributed by atoms with Gasteiger partial charge in [-0.25, -0.2) is 5.48 Å². The highest BCUT2D eigenvalue weighted by Gasteiger charge is 2.25. The standard InChI is InChI=1S/C21H22N2O4.CH4/c1-3-15-4-6-16(7-5-15)8-9-17-10-12-18(13-11-17)20(25)22-19(14(2)24)21(26)23-27;/h4-7,10-14,19,24,27H,3H2,1-2H3,(H,22,25)(H,23,26);1H4/t14-,19+;/m1./s1. The van der Waals surface area contributed by atoms with Gasteiger partial charge in [0.15, 0.2) is 0 Å². The minimum atomic E-state index is -1.26. The molecule has 6 heteroatoms. The normalized spacial score (nSPS) is 11.9.